The summed E-state index contributed by atoms with van der Waals surface area (Å²) in [6.07, 6.45) is 1.81. The van der Waals surface area contributed by atoms with E-state index in [2.05, 4.69) is 20.9 Å². The first-order valence-electron chi connectivity index (χ1n) is 16.1. The number of benzene rings is 3. The molecule has 1 aromatic heterocycles. The monoisotopic (exact) mass is 670 g/mol. The van der Waals surface area contributed by atoms with Gasteiger partial charge in [0.05, 0.1) is 7.11 Å². The Morgan fingerprint density at radius 3 is 2.12 bits per heavy atom. The molecule has 0 saturated heterocycles. The molecule has 12 heteroatoms. The van der Waals surface area contributed by atoms with Gasteiger partial charge in [-0.3, -0.25) is 14.4 Å². The lowest BCUT2D eigenvalue weighted by atomic mass is 9.90. The van der Waals surface area contributed by atoms with Gasteiger partial charge in [0, 0.05) is 30.1 Å². The molecule has 258 valence electrons. The number of hydrogen-bond acceptors (Lipinski definition) is 8. The number of para-hydroxylation sites is 1. The third kappa shape index (κ3) is 11.2. The fourth-order valence-corrected chi connectivity index (χ4v) is 5.26. The molecule has 4 N–H and O–H groups in total. The summed E-state index contributed by atoms with van der Waals surface area (Å²) in [6.45, 7) is 1.98. The molecule has 0 spiro atoms. The van der Waals surface area contributed by atoms with E-state index in [1.807, 2.05) is 72.8 Å². The summed E-state index contributed by atoms with van der Waals surface area (Å²) in [5.74, 6) is -2.76. The van der Waals surface area contributed by atoms with Gasteiger partial charge in [-0.2, -0.15) is 0 Å². The van der Waals surface area contributed by atoms with E-state index in [1.54, 1.807) is 18.3 Å². The number of carbonyl (C=O) groups is 5. The molecule has 0 aliphatic carbocycles. The molecular formula is C37H42N4O8. The van der Waals surface area contributed by atoms with E-state index in [0.29, 0.717) is 19.4 Å². The molecule has 0 fully saturated rings. The van der Waals surface area contributed by atoms with Crippen molar-refractivity contribution >= 4 is 40.7 Å². The van der Waals surface area contributed by atoms with Crippen molar-refractivity contribution in [2.75, 3.05) is 13.7 Å². The van der Waals surface area contributed by atoms with E-state index >= 15 is 0 Å². The second kappa shape index (κ2) is 18.0. The molecular weight excluding hydrogens is 628 g/mol. The molecule has 1 heterocycles. The number of unbranched alkanes of at least 4 members (excludes halogenated alkanes) is 1. The second-order valence-corrected chi connectivity index (χ2v) is 11.8. The molecule has 2 atom stereocenters. The van der Waals surface area contributed by atoms with Crippen molar-refractivity contribution in [3.63, 3.8) is 0 Å². The number of nitrogens with one attached hydrogen (secondary N) is 4. The maximum Gasteiger partial charge on any atom is 0.407 e. The van der Waals surface area contributed by atoms with Crippen LogP contribution in [-0.2, 0) is 53.0 Å². The van der Waals surface area contributed by atoms with Gasteiger partial charge in [-0.15, -0.1) is 0 Å². The molecule has 3 aromatic carbocycles. The SMILES string of the molecule is COC(=O)[C@H](CCCCNC(=O)OCc1ccccc1)NC(=O)[C@@](C)(Cc1c[nH]c2ccccc12)NC(=O)CC(=O)OCc1ccccc1. The van der Waals surface area contributed by atoms with Crippen LogP contribution in [0, 0.1) is 0 Å². The van der Waals surface area contributed by atoms with Gasteiger partial charge in [-0.1, -0.05) is 78.9 Å². The van der Waals surface area contributed by atoms with Crippen molar-refractivity contribution in [3.8, 4) is 0 Å². The number of aromatic nitrogens is 1. The number of esters is 2. The molecule has 4 rings (SSSR count). The smallest absolute Gasteiger partial charge is 0.407 e. The highest BCUT2D eigenvalue weighted by atomic mass is 16.5. The van der Waals surface area contributed by atoms with Crippen LogP contribution in [0.5, 0.6) is 0 Å². The average molecular weight is 671 g/mol. The first kappa shape index (κ1) is 36.2. The Balaban J connectivity index is 1.36. The molecule has 49 heavy (non-hydrogen) atoms. The van der Waals surface area contributed by atoms with Crippen molar-refractivity contribution in [1.82, 2.24) is 20.9 Å². The first-order valence-corrected chi connectivity index (χ1v) is 16.1. The van der Waals surface area contributed by atoms with Gasteiger partial charge in [0.25, 0.3) is 0 Å². The maximum absolute atomic E-state index is 13.9. The minimum Gasteiger partial charge on any atom is -0.467 e. The van der Waals surface area contributed by atoms with Gasteiger partial charge < -0.3 is 35.1 Å². The number of fused-ring (bicyclic) bond motifs is 1. The normalized spacial score (nSPS) is 12.6. The molecule has 0 unspecified atom stereocenters. The summed E-state index contributed by atoms with van der Waals surface area (Å²) in [5, 5.41) is 9.00. The highest BCUT2D eigenvalue weighted by molar-refractivity contribution is 5.99. The highest BCUT2D eigenvalue weighted by Gasteiger charge is 2.38. The van der Waals surface area contributed by atoms with E-state index in [-0.39, 0.29) is 26.1 Å². The van der Waals surface area contributed by atoms with Crippen LogP contribution in [0.1, 0.15) is 49.3 Å². The number of ether oxygens (including phenoxy) is 3. The number of methoxy groups -OCH3 is 1. The number of amides is 3. The van der Waals surface area contributed by atoms with Crippen LogP contribution in [0.3, 0.4) is 0 Å². The minimum absolute atomic E-state index is 0.00521. The number of H-pyrrole nitrogens is 1. The zero-order valence-corrected chi connectivity index (χ0v) is 27.7. The Kier molecular flexibility index (Phi) is 13.3. The molecule has 12 nitrogen and oxygen atoms in total. The number of hydrogen-bond donors (Lipinski definition) is 4. The quantitative estimate of drug-likeness (QED) is 0.0553. The predicted octanol–water partition coefficient (Wildman–Crippen LogP) is 4.47. The fourth-order valence-electron chi connectivity index (χ4n) is 5.26. The Bertz CT molecular complexity index is 1710. The first-order chi connectivity index (χ1) is 23.7. The largest absolute Gasteiger partial charge is 0.467 e. The van der Waals surface area contributed by atoms with Crippen LogP contribution in [0.4, 0.5) is 4.79 Å². The lowest BCUT2D eigenvalue weighted by Crippen LogP contribution is -2.61. The summed E-state index contributed by atoms with van der Waals surface area (Å²) in [6, 6.07) is 24.9. The number of carbonyl (C=O) groups excluding carboxylic acids is 5. The fraction of sp³-hybridized carbons (Fsp3) is 0.324. The molecule has 0 aliphatic heterocycles. The lowest BCUT2D eigenvalue weighted by molar-refractivity contribution is -0.149. The highest BCUT2D eigenvalue weighted by Crippen LogP contribution is 2.23. The summed E-state index contributed by atoms with van der Waals surface area (Å²) in [5.41, 5.74) is 1.66. The molecule has 0 aliphatic rings. The van der Waals surface area contributed by atoms with Gasteiger partial charge in [0.1, 0.15) is 31.2 Å². The lowest BCUT2D eigenvalue weighted by Gasteiger charge is -2.31. The van der Waals surface area contributed by atoms with Crippen molar-refractivity contribution in [3.05, 3.63) is 108 Å². The third-order valence-electron chi connectivity index (χ3n) is 7.88. The predicted molar refractivity (Wildman–Crippen MR) is 182 cm³/mol. The van der Waals surface area contributed by atoms with Gasteiger partial charge in [0.2, 0.25) is 11.8 Å². The Labute approximate surface area is 284 Å². The van der Waals surface area contributed by atoms with E-state index in [1.165, 1.54) is 14.0 Å². The third-order valence-corrected chi connectivity index (χ3v) is 7.88. The minimum atomic E-state index is -1.57. The number of rotatable bonds is 17. The van der Waals surface area contributed by atoms with Crippen molar-refractivity contribution < 1.29 is 38.2 Å². The summed E-state index contributed by atoms with van der Waals surface area (Å²) in [7, 11) is 1.22. The van der Waals surface area contributed by atoms with Crippen molar-refractivity contribution in [2.45, 2.75) is 63.8 Å². The zero-order chi connectivity index (χ0) is 35.1. The average Bonchev–Trinajstić information content (AvgIpc) is 3.51. The Hall–Kier alpha value is -5.65. The van der Waals surface area contributed by atoms with Crippen molar-refractivity contribution in [1.29, 1.82) is 0 Å². The van der Waals surface area contributed by atoms with Crippen LogP contribution < -0.4 is 16.0 Å². The Morgan fingerprint density at radius 1 is 0.816 bits per heavy atom. The molecule has 0 bridgehead atoms. The van der Waals surface area contributed by atoms with Gasteiger partial charge >= 0.3 is 18.0 Å². The molecule has 3 amide bonds. The summed E-state index contributed by atoms with van der Waals surface area (Å²) < 4.78 is 15.4. The molecule has 4 aromatic rings. The molecule has 0 radical (unpaired) electrons. The van der Waals surface area contributed by atoms with E-state index in [9.17, 15) is 24.0 Å². The van der Waals surface area contributed by atoms with Crippen molar-refractivity contribution in [2.24, 2.45) is 0 Å². The maximum atomic E-state index is 13.9. The van der Waals surface area contributed by atoms with Crippen LogP contribution >= 0.6 is 0 Å². The van der Waals surface area contributed by atoms with Gasteiger partial charge in [-0.25, -0.2) is 9.59 Å². The second-order valence-electron chi connectivity index (χ2n) is 11.8. The van der Waals surface area contributed by atoms with Gasteiger partial charge in [0.15, 0.2) is 0 Å². The summed E-state index contributed by atoms with van der Waals surface area (Å²) >= 11 is 0. The van der Waals surface area contributed by atoms with Crippen LogP contribution in [-0.4, -0.2) is 60.1 Å². The zero-order valence-electron chi connectivity index (χ0n) is 27.7. The summed E-state index contributed by atoms with van der Waals surface area (Å²) in [4.78, 5) is 67.5. The number of alkyl carbamates (subject to hydrolysis) is 1. The van der Waals surface area contributed by atoms with Gasteiger partial charge in [-0.05, 0) is 48.9 Å². The topological polar surface area (TPSA) is 165 Å². The van der Waals surface area contributed by atoms with E-state index in [0.717, 1.165) is 27.6 Å². The standard InChI is InChI=1S/C37H42N4O8/c1-37(22-28-23-39-30-18-10-9-17-29(28)30,41-32(42)21-33(43)48-24-26-13-5-3-6-14-26)35(45)40-31(34(44)47-2)19-11-12-20-38-36(46)49-25-27-15-7-4-8-16-27/h3-10,13-18,23,31,39H,11-12,19-22,24-25H2,1-2H3,(H,38,46)(H,40,45)(H,41,42)/t31-,37+/m0/s1. The van der Waals surface area contributed by atoms with Crippen LogP contribution in [0.15, 0.2) is 91.1 Å². The van der Waals surface area contributed by atoms with E-state index < -0.39 is 47.8 Å². The Morgan fingerprint density at radius 2 is 1.45 bits per heavy atom. The van der Waals surface area contributed by atoms with Crippen LogP contribution in [0.2, 0.25) is 0 Å². The molecule has 0 saturated carbocycles. The van der Waals surface area contributed by atoms with Crippen LogP contribution in [0.25, 0.3) is 10.9 Å². The number of aromatic amines is 1. The van der Waals surface area contributed by atoms with E-state index in [4.69, 9.17) is 14.2 Å².